The highest BCUT2D eigenvalue weighted by atomic mass is 19.4. The number of hydrogen-bond acceptors (Lipinski definition) is 1. The van der Waals surface area contributed by atoms with Gasteiger partial charge in [0.15, 0.2) is 0 Å². The van der Waals surface area contributed by atoms with Crippen LogP contribution in [0.5, 0.6) is 0 Å². The molecule has 0 spiro atoms. The van der Waals surface area contributed by atoms with Crippen molar-refractivity contribution in [1.82, 2.24) is 0 Å². The van der Waals surface area contributed by atoms with Crippen LogP contribution in [0.3, 0.4) is 0 Å². The first-order valence-electron chi connectivity index (χ1n) is 6.66. The molecule has 29 heavy (non-hydrogen) atoms. The lowest BCUT2D eigenvalue weighted by Crippen LogP contribution is -2.40. The van der Waals surface area contributed by atoms with Crippen LogP contribution in [0.25, 0.3) is 0 Å². The van der Waals surface area contributed by atoms with Gasteiger partial charge in [-0.25, -0.2) is 0 Å². The van der Waals surface area contributed by atoms with Crippen molar-refractivity contribution in [3.63, 3.8) is 0 Å². The van der Waals surface area contributed by atoms with E-state index in [1.54, 1.807) is 0 Å². The molecular formula is C13H5F15O. The van der Waals surface area contributed by atoms with E-state index >= 15 is 0 Å². The van der Waals surface area contributed by atoms with Crippen LogP contribution in [0.2, 0.25) is 0 Å². The summed E-state index contributed by atoms with van der Waals surface area (Å²) >= 11 is 0. The summed E-state index contributed by atoms with van der Waals surface area (Å²) in [7, 11) is 0. The van der Waals surface area contributed by atoms with E-state index in [2.05, 4.69) is 0 Å². The third-order valence-corrected chi connectivity index (χ3v) is 3.52. The Bertz CT molecular complexity index is 706. The molecule has 0 atom stereocenters. The predicted octanol–water partition coefficient (Wildman–Crippen LogP) is 6.14. The lowest BCUT2D eigenvalue weighted by molar-refractivity contribution is -0.295. The summed E-state index contributed by atoms with van der Waals surface area (Å²) in [6, 6.07) is -2.47. The van der Waals surface area contributed by atoms with Crippen molar-refractivity contribution in [2.24, 2.45) is 0 Å². The maximum absolute atomic E-state index is 13.6. The van der Waals surface area contributed by atoms with Gasteiger partial charge in [0.2, 0.25) is 0 Å². The summed E-state index contributed by atoms with van der Waals surface area (Å²) in [4.78, 5) is 0. The van der Waals surface area contributed by atoms with Crippen LogP contribution < -0.4 is 0 Å². The van der Waals surface area contributed by atoms with Crippen molar-refractivity contribution in [3.05, 3.63) is 34.4 Å². The molecule has 1 nitrogen and oxygen atoms in total. The molecule has 168 valence electrons. The van der Waals surface area contributed by atoms with Crippen LogP contribution in [0.1, 0.15) is 22.3 Å². The maximum atomic E-state index is 13.6. The van der Waals surface area contributed by atoms with Crippen molar-refractivity contribution < 1.29 is 71.0 Å². The molecule has 1 rings (SSSR count). The Kier molecular flexibility index (Phi) is 5.93. The van der Waals surface area contributed by atoms with Gasteiger partial charge in [0.1, 0.15) is 0 Å². The Morgan fingerprint density at radius 3 is 1.00 bits per heavy atom. The Balaban J connectivity index is 4.16. The molecule has 1 N–H and O–H groups in total. The highest BCUT2D eigenvalue weighted by Gasteiger charge is 2.65. The Labute approximate surface area is 149 Å². The molecule has 0 aliphatic carbocycles. The van der Waals surface area contributed by atoms with Gasteiger partial charge in [-0.05, 0) is 17.7 Å². The average Bonchev–Trinajstić information content (AvgIpc) is 2.49. The first-order valence-corrected chi connectivity index (χ1v) is 6.66. The van der Waals surface area contributed by atoms with Crippen LogP contribution in [0.4, 0.5) is 65.9 Å². The minimum atomic E-state index is -6.81. The summed E-state index contributed by atoms with van der Waals surface area (Å²) in [6.07, 6.45) is -20.4. The first kappa shape index (κ1) is 25.2. The fourth-order valence-corrected chi connectivity index (χ4v) is 2.05. The second-order valence-electron chi connectivity index (χ2n) is 5.42. The molecule has 1 aromatic carbocycles. The van der Waals surface area contributed by atoms with E-state index in [9.17, 15) is 65.9 Å². The monoisotopic (exact) mass is 462 g/mol. The minimum absolute atomic E-state index is 1.23. The third kappa shape index (κ3) is 4.07. The fraction of sp³-hybridized carbons (Fsp3) is 0.538. The molecule has 0 unspecified atom stereocenters. The largest absolute Gasteiger partial charge is 0.458 e. The molecule has 0 aliphatic rings. The Morgan fingerprint density at radius 2 is 0.793 bits per heavy atom. The molecule has 16 heteroatoms. The van der Waals surface area contributed by atoms with E-state index in [1.165, 1.54) is 0 Å². The molecule has 0 aliphatic heterocycles. The SMILES string of the molecule is OCc1c(C(F)(F)C(F)(F)F)cc(C(F)(F)C(F)(F)F)cc1C(F)(F)C(F)(F)F. The molecule has 0 radical (unpaired) electrons. The van der Waals surface area contributed by atoms with Crippen LogP contribution in [0, 0.1) is 0 Å². The van der Waals surface area contributed by atoms with Gasteiger partial charge in [0.25, 0.3) is 0 Å². The van der Waals surface area contributed by atoms with Gasteiger partial charge in [0, 0.05) is 16.7 Å². The number of hydrogen-bond donors (Lipinski definition) is 1. The molecular weight excluding hydrogens is 457 g/mol. The van der Waals surface area contributed by atoms with Crippen LogP contribution in [-0.4, -0.2) is 23.6 Å². The Morgan fingerprint density at radius 1 is 0.517 bits per heavy atom. The standard InChI is InChI=1S/C13H5F15O/c14-8(15,11(20,21)22)4-1-6(9(16,17)12(23,24)25)5(3-29)7(2-4)10(18,19)13(26,27)28/h1-2,29H,3H2. The smallest absolute Gasteiger partial charge is 0.392 e. The topological polar surface area (TPSA) is 20.2 Å². The number of halogens is 15. The molecule has 0 saturated carbocycles. The Hall–Kier alpha value is -1.87. The summed E-state index contributed by atoms with van der Waals surface area (Å²) in [5, 5.41) is 8.80. The zero-order valence-corrected chi connectivity index (χ0v) is 13.0. The number of aliphatic hydroxyl groups is 1. The van der Waals surface area contributed by atoms with Crippen molar-refractivity contribution >= 4 is 0 Å². The maximum Gasteiger partial charge on any atom is 0.458 e. The summed E-state index contributed by atoms with van der Waals surface area (Å²) in [5.74, 6) is -19.3. The summed E-state index contributed by atoms with van der Waals surface area (Å²) < 4.78 is 193. The normalized spacial score (nSPS) is 15.0. The average molecular weight is 462 g/mol. The van der Waals surface area contributed by atoms with Crippen molar-refractivity contribution in [2.45, 2.75) is 42.9 Å². The van der Waals surface area contributed by atoms with Crippen molar-refractivity contribution in [2.75, 3.05) is 0 Å². The van der Waals surface area contributed by atoms with Crippen LogP contribution >= 0.6 is 0 Å². The van der Waals surface area contributed by atoms with Gasteiger partial charge in [-0.15, -0.1) is 0 Å². The van der Waals surface area contributed by atoms with Gasteiger partial charge in [-0.2, -0.15) is 65.9 Å². The van der Waals surface area contributed by atoms with E-state index in [0.717, 1.165) is 0 Å². The van der Waals surface area contributed by atoms with E-state index in [0.29, 0.717) is 0 Å². The van der Waals surface area contributed by atoms with Gasteiger partial charge < -0.3 is 5.11 Å². The minimum Gasteiger partial charge on any atom is -0.392 e. The number of rotatable bonds is 4. The highest BCUT2D eigenvalue weighted by Crippen LogP contribution is 2.53. The molecule has 0 heterocycles. The van der Waals surface area contributed by atoms with Gasteiger partial charge in [-0.3, -0.25) is 0 Å². The molecule has 0 aromatic heterocycles. The predicted molar refractivity (Wildman–Crippen MR) is 62.2 cm³/mol. The summed E-state index contributed by atoms with van der Waals surface area (Å²) in [5.41, 5.74) is -11.8. The third-order valence-electron chi connectivity index (χ3n) is 3.52. The number of aliphatic hydroxyl groups excluding tert-OH is 1. The van der Waals surface area contributed by atoms with Crippen molar-refractivity contribution in [1.29, 1.82) is 0 Å². The number of alkyl halides is 15. The van der Waals surface area contributed by atoms with Gasteiger partial charge in [-0.1, -0.05) is 0 Å². The lowest BCUT2D eigenvalue weighted by atomic mass is 9.88. The molecule has 0 amide bonds. The van der Waals surface area contributed by atoms with Gasteiger partial charge >= 0.3 is 36.3 Å². The van der Waals surface area contributed by atoms with Crippen LogP contribution in [0.15, 0.2) is 12.1 Å². The van der Waals surface area contributed by atoms with E-state index in [1.807, 2.05) is 0 Å². The molecule has 0 bridgehead atoms. The number of benzene rings is 1. The van der Waals surface area contributed by atoms with E-state index in [4.69, 9.17) is 5.11 Å². The van der Waals surface area contributed by atoms with E-state index in [-0.39, 0.29) is 0 Å². The first-order chi connectivity index (χ1) is 12.5. The van der Waals surface area contributed by atoms with Gasteiger partial charge in [0.05, 0.1) is 6.61 Å². The quantitative estimate of drug-likeness (QED) is 0.534. The molecule has 0 fully saturated rings. The second-order valence-corrected chi connectivity index (χ2v) is 5.42. The zero-order chi connectivity index (χ0) is 23.4. The zero-order valence-electron chi connectivity index (χ0n) is 13.0. The van der Waals surface area contributed by atoms with Crippen molar-refractivity contribution in [3.8, 4) is 0 Å². The van der Waals surface area contributed by atoms with E-state index < -0.39 is 77.3 Å². The fourth-order valence-electron chi connectivity index (χ4n) is 2.05. The lowest BCUT2D eigenvalue weighted by Gasteiger charge is -2.30. The summed E-state index contributed by atoms with van der Waals surface area (Å²) in [6.45, 7) is -2.40. The second kappa shape index (κ2) is 6.84. The highest BCUT2D eigenvalue weighted by molar-refractivity contribution is 5.46. The molecule has 0 saturated heterocycles. The molecule has 1 aromatic rings. The van der Waals surface area contributed by atoms with Crippen LogP contribution in [-0.2, 0) is 24.4 Å².